The van der Waals surface area contributed by atoms with Crippen molar-refractivity contribution in [3.05, 3.63) is 101 Å². The normalized spacial score (nSPS) is 12.5. The molecule has 0 unspecified atom stereocenters. The third kappa shape index (κ3) is 5.27. The molecule has 0 heterocycles. The molecule has 1 atom stereocenters. The first-order valence-corrected chi connectivity index (χ1v) is 11.3. The van der Waals surface area contributed by atoms with Gasteiger partial charge in [-0.1, -0.05) is 54.1 Å². The van der Waals surface area contributed by atoms with Gasteiger partial charge in [0, 0.05) is 24.2 Å². The summed E-state index contributed by atoms with van der Waals surface area (Å²) in [6.07, 6.45) is 0. The maximum absolute atomic E-state index is 12.7. The van der Waals surface area contributed by atoms with E-state index >= 15 is 0 Å². The lowest BCUT2D eigenvalue weighted by atomic mass is 10.1. The molecule has 0 radical (unpaired) electrons. The summed E-state index contributed by atoms with van der Waals surface area (Å²) in [6.45, 7) is 2.12. The molecule has 0 aliphatic carbocycles. The Morgan fingerprint density at radius 3 is 2.17 bits per heavy atom. The Kier molecular flexibility index (Phi) is 6.92. The van der Waals surface area contributed by atoms with Gasteiger partial charge in [0.1, 0.15) is 0 Å². The molecule has 3 rings (SSSR count). The van der Waals surface area contributed by atoms with Crippen LogP contribution in [0.5, 0.6) is 0 Å². The summed E-state index contributed by atoms with van der Waals surface area (Å²) in [5.74, 6) is -0.181. The fraction of sp³-hybridized carbons (Fsp3) is 0.174. The maximum atomic E-state index is 12.7. The van der Waals surface area contributed by atoms with Crippen molar-refractivity contribution in [1.29, 1.82) is 0 Å². The van der Waals surface area contributed by atoms with E-state index in [4.69, 9.17) is 11.6 Å². The van der Waals surface area contributed by atoms with Crippen LogP contribution in [0, 0.1) is 0 Å². The number of amides is 1. The van der Waals surface area contributed by atoms with Crippen LogP contribution in [0.15, 0.2) is 83.8 Å². The fourth-order valence-electron chi connectivity index (χ4n) is 3.00. The minimum Gasteiger partial charge on any atom is -0.346 e. The summed E-state index contributed by atoms with van der Waals surface area (Å²) in [5, 5.41) is 3.45. The molecule has 0 bridgehead atoms. The Balaban J connectivity index is 1.65. The predicted octanol–water partition coefficient (Wildman–Crippen LogP) is 4.65. The van der Waals surface area contributed by atoms with Crippen LogP contribution >= 0.6 is 11.6 Å². The molecule has 5 nitrogen and oxygen atoms in total. The average molecular weight is 443 g/mol. The van der Waals surface area contributed by atoms with E-state index in [1.54, 1.807) is 36.4 Å². The van der Waals surface area contributed by atoms with Crippen molar-refractivity contribution in [3.63, 3.8) is 0 Å². The molecule has 0 aliphatic heterocycles. The number of nitrogens with zero attached hydrogens (tertiary/aromatic N) is 1. The van der Waals surface area contributed by atoms with Gasteiger partial charge in [0.25, 0.3) is 5.91 Å². The highest BCUT2D eigenvalue weighted by molar-refractivity contribution is 7.89. The number of rotatable bonds is 7. The van der Waals surface area contributed by atoms with Crippen LogP contribution < -0.4 is 5.32 Å². The Bertz CT molecular complexity index is 1100. The molecule has 30 heavy (non-hydrogen) atoms. The highest BCUT2D eigenvalue weighted by Crippen LogP contribution is 2.19. The van der Waals surface area contributed by atoms with Crippen LogP contribution in [-0.2, 0) is 16.6 Å². The van der Waals surface area contributed by atoms with E-state index in [9.17, 15) is 13.2 Å². The first-order chi connectivity index (χ1) is 14.3. The van der Waals surface area contributed by atoms with E-state index in [1.165, 1.54) is 23.5 Å². The molecule has 0 saturated carbocycles. The van der Waals surface area contributed by atoms with Gasteiger partial charge in [0.15, 0.2) is 0 Å². The van der Waals surface area contributed by atoms with E-state index in [0.29, 0.717) is 10.6 Å². The van der Waals surface area contributed by atoms with E-state index in [2.05, 4.69) is 5.32 Å². The smallest absolute Gasteiger partial charge is 0.251 e. The molecule has 0 spiro atoms. The second-order valence-electron chi connectivity index (χ2n) is 7.02. The molecule has 3 aromatic carbocycles. The molecule has 1 amide bonds. The van der Waals surface area contributed by atoms with Crippen LogP contribution in [0.2, 0.25) is 5.02 Å². The minimum atomic E-state index is -3.63. The molecule has 0 aliphatic rings. The molecule has 7 heteroatoms. The largest absolute Gasteiger partial charge is 0.346 e. The predicted molar refractivity (Wildman–Crippen MR) is 119 cm³/mol. The zero-order chi connectivity index (χ0) is 21.7. The minimum absolute atomic E-state index is 0.117. The van der Waals surface area contributed by atoms with Crippen molar-refractivity contribution in [2.45, 2.75) is 24.4 Å². The number of carbonyl (C=O) groups excluding carboxylic acids is 1. The van der Waals surface area contributed by atoms with Gasteiger partial charge < -0.3 is 5.32 Å². The van der Waals surface area contributed by atoms with Gasteiger partial charge in [0.05, 0.1) is 10.9 Å². The first kappa shape index (κ1) is 22.0. The average Bonchev–Trinajstić information content (AvgIpc) is 2.75. The Morgan fingerprint density at radius 2 is 1.57 bits per heavy atom. The van der Waals surface area contributed by atoms with Crippen LogP contribution in [0.4, 0.5) is 0 Å². The van der Waals surface area contributed by atoms with Crippen molar-refractivity contribution in [2.75, 3.05) is 7.05 Å². The zero-order valence-corrected chi connectivity index (χ0v) is 18.3. The molecule has 156 valence electrons. The van der Waals surface area contributed by atoms with Gasteiger partial charge in [-0.2, -0.15) is 4.31 Å². The van der Waals surface area contributed by atoms with Crippen LogP contribution in [0.1, 0.15) is 34.5 Å². The number of hydrogen-bond donors (Lipinski definition) is 1. The van der Waals surface area contributed by atoms with Gasteiger partial charge >= 0.3 is 0 Å². The molecular weight excluding hydrogens is 420 g/mol. The summed E-state index contributed by atoms with van der Waals surface area (Å²) in [4.78, 5) is 12.7. The van der Waals surface area contributed by atoms with E-state index in [-0.39, 0.29) is 23.4 Å². The van der Waals surface area contributed by atoms with Crippen LogP contribution in [0.3, 0.4) is 0 Å². The molecule has 3 aromatic rings. The fourth-order valence-corrected chi connectivity index (χ4v) is 4.28. The van der Waals surface area contributed by atoms with Crippen molar-refractivity contribution in [2.24, 2.45) is 0 Å². The van der Waals surface area contributed by atoms with Gasteiger partial charge in [-0.3, -0.25) is 4.79 Å². The third-order valence-corrected chi connectivity index (χ3v) is 6.86. The maximum Gasteiger partial charge on any atom is 0.251 e. The number of hydrogen-bond acceptors (Lipinski definition) is 3. The van der Waals surface area contributed by atoms with Crippen LogP contribution in [-0.4, -0.2) is 25.7 Å². The summed E-state index contributed by atoms with van der Waals surface area (Å²) >= 11 is 5.84. The molecule has 0 aromatic heterocycles. The summed E-state index contributed by atoms with van der Waals surface area (Å²) in [5.41, 5.74) is 2.32. The van der Waals surface area contributed by atoms with E-state index < -0.39 is 10.0 Å². The number of sulfonamides is 1. The zero-order valence-electron chi connectivity index (χ0n) is 16.7. The highest BCUT2D eigenvalue weighted by Gasteiger charge is 2.21. The summed E-state index contributed by atoms with van der Waals surface area (Å²) in [7, 11) is -2.11. The van der Waals surface area contributed by atoms with Crippen molar-refractivity contribution in [1.82, 2.24) is 9.62 Å². The Morgan fingerprint density at radius 1 is 0.967 bits per heavy atom. The topological polar surface area (TPSA) is 66.5 Å². The Hall–Kier alpha value is -2.67. The number of nitrogens with one attached hydrogen (secondary N) is 1. The lowest BCUT2D eigenvalue weighted by Gasteiger charge is -2.18. The van der Waals surface area contributed by atoms with E-state index in [0.717, 1.165) is 11.1 Å². The lowest BCUT2D eigenvalue weighted by molar-refractivity contribution is 0.0940. The van der Waals surface area contributed by atoms with Crippen LogP contribution in [0.25, 0.3) is 0 Å². The highest BCUT2D eigenvalue weighted by atomic mass is 35.5. The standard InChI is InChI=1S/C23H23ClN2O3S/c1-17(19-6-4-3-5-7-19)25-23(27)20-10-8-18(9-11-20)16-26(2)30(28,29)22-14-12-21(24)13-15-22/h3-15,17H,16H2,1-2H3,(H,25,27)/t17-/m1/s1. The van der Waals surface area contributed by atoms with Gasteiger partial charge in [-0.15, -0.1) is 0 Å². The summed E-state index contributed by atoms with van der Waals surface area (Å²) in [6, 6.07) is 22.6. The second kappa shape index (κ2) is 9.43. The van der Waals surface area contributed by atoms with E-state index in [1.807, 2.05) is 37.3 Å². The SMILES string of the molecule is C[C@@H](NC(=O)c1ccc(CN(C)S(=O)(=O)c2ccc(Cl)cc2)cc1)c1ccccc1. The number of carbonyl (C=O) groups is 1. The summed E-state index contributed by atoms with van der Waals surface area (Å²) < 4.78 is 26.7. The molecule has 0 fully saturated rings. The lowest BCUT2D eigenvalue weighted by Crippen LogP contribution is -2.27. The van der Waals surface area contributed by atoms with Crippen molar-refractivity contribution >= 4 is 27.5 Å². The van der Waals surface area contributed by atoms with Gasteiger partial charge in [-0.05, 0) is 54.4 Å². The second-order valence-corrected chi connectivity index (χ2v) is 9.50. The van der Waals surface area contributed by atoms with Crippen molar-refractivity contribution < 1.29 is 13.2 Å². The molecule has 1 N–H and O–H groups in total. The Labute approximate surface area is 182 Å². The quantitative estimate of drug-likeness (QED) is 0.579. The number of halogens is 1. The number of benzene rings is 3. The van der Waals surface area contributed by atoms with Gasteiger partial charge in [0.2, 0.25) is 10.0 Å². The van der Waals surface area contributed by atoms with Gasteiger partial charge in [-0.25, -0.2) is 8.42 Å². The van der Waals surface area contributed by atoms with Crippen molar-refractivity contribution in [3.8, 4) is 0 Å². The third-order valence-electron chi connectivity index (χ3n) is 4.79. The molecule has 0 saturated heterocycles. The first-order valence-electron chi connectivity index (χ1n) is 9.44. The monoisotopic (exact) mass is 442 g/mol. The molecular formula is C23H23ClN2O3S.